The minimum absolute atomic E-state index is 0.0590. The summed E-state index contributed by atoms with van der Waals surface area (Å²) in [6.07, 6.45) is 0. The first-order valence-corrected chi connectivity index (χ1v) is 5.38. The quantitative estimate of drug-likeness (QED) is 0.715. The molecule has 3 nitrogen and oxygen atoms in total. The van der Waals surface area contributed by atoms with E-state index in [1.807, 2.05) is 24.9 Å². The topological polar surface area (TPSA) is 48.0 Å². The van der Waals surface area contributed by atoms with Crippen LogP contribution in [0.2, 0.25) is 0 Å². The Morgan fingerprint density at radius 1 is 1.62 bits per heavy atom. The summed E-state index contributed by atoms with van der Waals surface area (Å²) in [6, 6.07) is 1.96. The second kappa shape index (κ2) is 3.20. The number of hydrogen-bond acceptors (Lipinski definition) is 3. The van der Waals surface area contributed by atoms with Crippen LogP contribution in [0, 0.1) is 0 Å². The predicted octanol–water partition coefficient (Wildman–Crippen LogP) is 0.591. The van der Waals surface area contributed by atoms with Gasteiger partial charge in [-0.05, 0) is 11.6 Å². The van der Waals surface area contributed by atoms with Gasteiger partial charge in [-0.15, -0.1) is 0 Å². The zero-order valence-electron chi connectivity index (χ0n) is 7.54. The van der Waals surface area contributed by atoms with Gasteiger partial charge in [0.05, 0.1) is 0 Å². The maximum atomic E-state index is 11.6. The Balaban J connectivity index is 2.68. The van der Waals surface area contributed by atoms with Crippen molar-refractivity contribution in [2.45, 2.75) is 18.1 Å². The van der Waals surface area contributed by atoms with E-state index in [2.05, 4.69) is 0 Å². The van der Waals surface area contributed by atoms with E-state index in [1.54, 1.807) is 4.57 Å². The fourth-order valence-electron chi connectivity index (χ4n) is 1.63. The van der Waals surface area contributed by atoms with E-state index < -0.39 is 0 Å². The highest BCUT2D eigenvalue weighted by molar-refractivity contribution is 7.98. The van der Waals surface area contributed by atoms with E-state index in [-0.39, 0.29) is 5.56 Å². The molecule has 0 aliphatic carbocycles. The molecule has 2 N–H and O–H groups in total. The van der Waals surface area contributed by atoms with Crippen LogP contribution in [-0.2, 0) is 25.1 Å². The van der Waals surface area contributed by atoms with E-state index in [4.69, 9.17) is 5.73 Å². The summed E-state index contributed by atoms with van der Waals surface area (Å²) in [5.74, 6) is 1.96. The lowest BCUT2D eigenvalue weighted by Gasteiger charge is -2.07. The number of thioether (sulfide) groups is 1. The molecule has 70 valence electrons. The smallest absolute Gasteiger partial charge is 0.255 e. The molecule has 0 radical (unpaired) electrons. The summed E-state index contributed by atoms with van der Waals surface area (Å²) in [4.78, 5) is 11.6. The van der Waals surface area contributed by atoms with Crippen molar-refractivity contribution in [1.29, 1.82) is 0 Å². The summed E-state index contributed by atoms with van der Waals surface area (Å²) < 4.78 is 1.73. The number of fused-ring (bicyclic) bond motifs is 1. The number of aromatic nitrogens is 1. The number of hydrogen-bond donors (Lipinski definition) is 1. The molecule has 1 aliphatic heterocycles. The minimum Gasteiger partial charge on any atom is -0.326 e. The molecule has 1 aromatic rings. The average molecular weight is 196 g/mol. The Labute approximate surface area is 80.9 Å². The van der Waals surface area contributed by atoms with E-state index in [0.717, 1.165) is 22.8 Å². The summed E-state index contributed by atoms with van der Waals surface area (Å²) in [5, 5.41) is 0. The fraction of sp³-hybridized carbons (Fsp3) is 0.444. The molecule has 0 bridgehead atoms. The molecule has 0 spiro atoms. The van der Waals surface area contributed by atoms with Gasteiger partial charge in [-0.3, -0.25) is 4.79 Å². The summed E-state index contributed by atoms with van der Waals surface area (Å²) in [6.45, 7) is 0.338. The van der Waals surface area contributed by atoms with E-state index in [0.29, 0.717) is 6.54 Å². The Bertz CT molecular complexity index is 397. The van der Waals surface area contributed by atoms with Crippen molar-refractivity contribution in [2.75, 3.05) is 0 Å². The van der Waals surface area contributed by atoms with E-state index in [1.165, 1.54) is 5.56 Å². The SMILES string of the molecule is Cn1c2c(cc(CN)c1=O)CSC2. The highest BCUT2D eigenvalue weighted by atomic mass is 32.2. The lowest BCUT2D eigenvalue weighted by atomic mass is 10.1. The van der Waals surface area contributed by atoms with Crippen molar-refractivity contribution in [3.05, 3.63) is 33.2 Å². The first-order valence-electron chi connectivity index (χ1n) is 4.22. The van der Waals surface area contributed by atoms with E-state index in [9.17, 15) is 4.79 Å². The third kappa shape index (κ3) is 1.30. The highest BCUT2D eigenvalue weighted by Crippen LogP contribution is 2.28. The van der Waals surface area contributed by atoms with Gasteiger partial charge in [0.15, 0.2) is 0 Å². The number of rotatable bonds is 1. The molecule has 0 unspecified atom stereocenters. The van der Waals surface area contributed by atoms with Crippen molar-refractivity contribution < 1.29 is 0 Å². The van der Waals surface area contributed by atoms with Crippen LogP contribution in [0.5, 0.6) is 0 Å². The van der Waals surface area contributed by atoms with Crippen LogP contribution in [0.15, 0.2) is 10.9 Å². The first-order chi connectivity index (χ1) is 6.24. The van der Waals surface area contributed by atoms with Gasteiger partial charge < -0.3 is 10.3 Å². The van der Waals surface area contributed by atoms with Crippen molar-refractivity contribution in [2.24, 2.45) is 12.8 Å². The molecule has 13 heavy (non-hydrogen) atoms. The molecular weight excluding hydrogens is 184 g/mol. The predicted molar refractivity (Wildman–Crippen MR) is 54.6 cm³/mol. The zero-order chi connectivity index (χ0) is 9.42. The molecule has 0 saturated carbocycles. The maximum Gasteiger partial charge on any atom is 0.255 e. The van der Waals surface area contributed by atoms with Crippen molar-refractivity contribution in [3.8, 4) is 0 Å². The van der Waals surface area contributed by atoms with Gasteiger partial charge in [-0.1, -0.05) is 0 Å². The monoisotopic (exact) mass is 196 g/mol. The standard InChI is InChI=1S/C9H12N2OS/c1-11-8-5-13-4-7(8)2-6(3-10)9(11)12/h2H,3-5,10H2,1H3. The van der Waals surface area contributed by atoms with Crippen LogP contribution in [0.1, 0.15) is 16.8 Å². The van der Waals surface area contributed by atoms with Crippen molar-refractivity contribution in [3.63, 3.8) is 0 Å². The maximum absolute atomic E-state index is 11.6. The van der Waals surface area contributed by atoms with Gasteiger partial charge in [-0.2, -0.15) is 11.8 Å². The molecular formula is C9H12N2OS. The summed E-state index contributed by atoms with van der Waals surface area (Å²) >= 11 is 1.84. The van der Waals surface area contributed by atoms with Crippen LogP contribution >= 0.6 is 11.8 Å². The average Bonchev–Trinajstić information content (AvgIpc) is 2.59. The van der Waals surface area contributed by atoms with Gasteiger partial charge in [0.25, 0.3) is 5.56 Å². The zero-order valence-corrected chi connectivity index (χ0v) is 8.36. The van der Waals surface area contributed by atoms with Gasteiger partial charge in [-0.25, -0.2) is 0 Å². The Kier molecular flexibility index (Phi) is 2.17. The Morgan fingerprint density at radius 3 is 3.08 bits per heavy atom. The minimum atomic E-state index is 0.0590. The third-order valence-electron chi connectivity index (χ3n) is 2.42. The van der Waals surface area contributed by atoms with Crippen LogP contribution in [0.4, 0.5) is 0 Å². The van der Waals surface area contributed by atoms with Gasteiger partial charge in [0.1, 0.15) is 0 Å². The number of nitrogens with two attached hydrogens (primary N) is 1. The molecule has 0 saturated heterocycles. The normalized spacial score (nSPS) is 14.6. The van der Waals surface area contributed by atoms with Gasteiger partial charge >= 0.3 is 0 Å². The van der Waals surface area contributed by atoms with Crippen LogP contribution in [0.25, 0.3) is 0 Å². The molecule has 1 aromatic heterocycles. The lowest BCUT2D eigenvalue weighted by molar-refractivity contribution is 0.784. The van der Waals surface area contributed by atoms with Gasteiger partial charge in [0, 0.05) is 36.4 Å². The molecule has 0 amide bonds. The molecule has 0 atom stereocenters. The molecule has 2 rings (SSSR count). The molecule has 2 heterocycles. The third-order valence-corrected chi connectivity index (χ3v) is 3.41. The van der Waals surface area contributed by atoms with Crippen molar-refractivity contribution in [1.82, 2.24) is 4.57 Å². The fourth-order valence-corrected chi connectivity index (χ4v) is 2.77. The highest BCUT2D eigenvalue weighted by Gasteiger charge is 2.16. The second-order valence-electron chi connectivity index (χ2n) is 3.20. The molecule has 4 heteroatoms. The number of pyridine rings is 1. The first kappa shape index (κ1) is 8.84. The summed E-state index contributed by atoms with van der Waals surface area (Å²) in [7, 11) is 1.83. The van der Waals surface area contributed by atoms with Crippen LogP contribution in [-0.4, -0.2) is 4.57 Å². The largest absolute Gasteiger partial charge is 0.326 e. The second-order valence-corrected chi connectivity index (χ2v) is 4.19. The van der Waals surface area contributed by atoms with Crippen molar-refractivity contribution >= 4 is 11.8 Å². The van der Waals surface area contributed by atoms with Gasteiger partial charge in [0.2, 0.25) is 0 Å². The molecule has 0 fully saturated rings. The summed E-state index contributed by atoms with van der Waals surface area (Å²) in [5.41, 5.74) is 8.71. The number of nitrogens with zero attached hydrogens (tertiary/aromatic N) is 1. The Morgan fingerprint density at radius 2 is 2.38 bits per heavy atom. The lowest BCUT2D eigenvalue weighted by Crippen LogP contribution is -2.25. The van der Waals surface area contributed by atoms with E-state index >= 15 is 0 Å². The van der Waals surface area contributed by atoms with Crippen LogP contribution in [0.3, 0.4) is 0 Å². The Hall–Kier alpha value is -0.740. The van der Waals surface area contributed by atoms with Crippen LogP contribution < -0.4 is 11.3 Å². The molecule has 1 aliphatic rings. The molecule has 0 aromatic carbocycles.